The summed E-state index contributed by atoms with van der Waals surface area (Å²) >= 11 is 6.41. The average Bonchev–Trinajstić information content (AvgIpc) is 2.74. The van der Waals surface area contributed by atoms with Gasteiger partial charge in [-0.2, -0.15) is 0 Å². The van der Waals surface area contributed by atoms with Gasteiger partial charge in [-0.25, -0.2) is 0 Å². The molecule has 1 aliphatic rings. The maximum atomic E-state index is 12.3. The molecule has 29 heavy (non-hydrogen) atoms. The van der Waals surface area contributed by atoms with Crippen molar-refractivity contribution in [3.63, 3.8) is 0 Å². The van der Waals surface area contributed by atoms with Crippen LogP contribution >= 0.6 is 11.6 Å². The number of hydrogen-bond acceptors (Lipinski definition) is 4. The molecule has 2 aromatic carbocycles. The van der Waals surface area contributed by atoms with Crippen molar-refractivity contribution in [2.75, 3.05) is 39.4 Å². The number of carbonyl (C=O) groups excluding carboxylic acids is 2. The van der Waals surface area contributed by atoms with Crippen molar-refractivity contribution in [2.45, 2.75) is 13.0 Å². The van der Waals surface area contributed by atoms with Crippen molar-refractivity contribution in [3.8, 4) is 0 Å². The van der Waals surface area contributed by atoms with Gasteiger partial charge in [-0.15, -0.1) is 0 Å². The third-order valence-electron chi connectivity index (χ3n) is 4.97. The van der Waals surface area contributed by atoms with Crippen LogP contribution in [0.25, 0.3) is 0 Å². The molecule has 0 saturated carbocycles. The van der Waals surface area contributed by atoms with Gasteiger partial charge in [-0.05, 0) is 30.7 Å². The molecule has 1 heterocycles. The van der Waals surface area contributed by atoms with Crippen LogP contribution < -0.4 is 10.6 Å². The van der Waals surface area contributed by atoms with E-state index in [0.717, 1.165) is 24.2 Å². The van der Waals surface area contributed by atoms with Gasteiger partial charge < -0.3 is 15.4 Å². The van der Waals surface area contributed by atoms with Gasteiger partial charge in [0.1, 0.15) is 0 Å². The Morgan fingerprint density at radius 3 is 2.45 bits per heavy atom. The second kappa shape index (κ2) is 10.4. The minimum atomic E-state index is -0.268. The van der Waals surface area contributed by atoms with Crippen molar-refractivity contribution in [1.82, 2.24) is 15.5 Å². The highest BCUT2D eigenvalue weighted by molar-refractivity contribution is 6.31. The fourth-order valence-electron chi connectivity index (χ4n) is 3.31. The van der Waals surface area contributed by atoms with Gasteiger partial charge in [-0.3, -0.25) is 14.5 Å². The van der Waals surface area contributed by atoms with Crippen molar-refractivity contribution < 1.29 is 14.3 Å². The van der Waals surface area contributed by atoms with Crippen LogP contribution in [0, 0.1) is 6.92 Å². The SMILES string of the molecule is Cc1ccc(C(=O)NCC(=O)NCC(c2ccccc2Cl)N2CCOCC2)cc1. The fourth-order valence-corrected chi connectivity index (χ4v) is 3.57. The van der Waals surface area contributed by atoms with Crippen LogP contribution in [-0.2, 0) is 9.53 Å². The first-order chi connectivity index (χ1) is 14.0. The number of rotatable bonds is 7. The van der Waals surface area contributed by atoms with Crippen molar-refractivity contribution in [2.24, 2.45) is 0 Å². The molecule has 3 rings (SSSR count). The second-order valence-electron chi connectivity index (χ2n) is 7.04. The molecule has 2 aromatic rings. The van der Waals surface area contributed by atoms with E-state index in [1.54, 1.807) is 12.1 Å². The number of morpholine rings is 1. The lowest BCUT2D eigenvalue weighted by atomic mass is 10.0. The van der Waals surface area contributed by atoms with Crippen molar-refractivity contribution >= 4 is 23.4 Å². The quantitative estimate of drug-likeness (QED) is 0.729. The van der Waals surface area contributed by atoms with Crippen LogP contribution in [0.5, 0.6) is 0 Å². The zero-order valence-corrected chi connectivity index (χ0v) is 17.2. The second-order valence-corrected chi connectivity index (χ2v) is 7.45. The Morgan fingerprint density at radius 1 is 1.07 bits per heavy atom. The first-order valence-corrected chi connectivity index (χ1v) is 10.1. The van der Waals surface area contributed by atoms with E-state index in [9.17, 15) is 9.59 Å². The maximum absolute atomic E-state index is 12.3. The van der Waals surface area contributed by atoms with Gasteiger partial charge in [0.25, 0.3) is 5.91 Å². The highest BCUT2D eigenvalue weighted by atomic mass is 35.5. The third-order valence-corrected chi connectivity index (χ3v) is 5.31. The number of benzene rings is 2. The first kappa shape index (κ1) is 21.3. The molecule has 6 nitrogen and oxygen atoms in total. The molecule has 0 aromatic heterocycles. The Hall–Kier alpha value is -2.41. The van der Waals surface area contributed by atoms with Gasteiger partial charge in [0, 0.05) is 30.2 Å². The van der Waals surface area contributed by atoms with E-state index < -0.39 is 0 Å². The number of carbonyl (C=O) groups is 2. The maximum Gasteiger partial charge on any atom is 0.251 e. The van der Waals surface area contributed by atoms with E-state index in [-0.39, 0.29) is 24.4 Å². The molecule has 1 unspecified atom stereocenters. The van der Waals surface area contributed by atoms with Crippen LogP contribution in [0.2, 0.25) is 5.02 Å². The molecule has 1 aliphatic heterocycles. The summed E-state index contributed by atoms with van der Waals surface area (Å²) in [5.74, 6) is -0.508. The lowest BCUT2D eigenvalue weighted by Crippen LogP contribution is -2.45. The minimum absolute atomic E-state index is 0.0515. The highest BCUT2D eigenvalue weighted by Crippen LogP contribution is 2.27. The number of aryl methyl sites for hydroxylation is 1. The molecule has 0 bridgehead atoms. The summed E-state index contributed by atoms with van der Waals surface area (Å²) in [7, 11) is 0. The van der Waals surface area contributed by atoms with E-state index >= 15 is 0 Å². The minimum Gasteiger partial charge on any atom is -0.379 e. The van der Waals surface area contributed by atoms with E-state index in [4.69, 9.17) is 16.3 Å². The number of halogens is 1. The molecule has 2 amide bonds. The summed E-state index contributed by atoms with van der Waals surface area (Å²) in [4.78, 5) is 26.8. The van der Waals surface area contributed by atoms with Crippen molar-refractivity contribution in [3.05, 3.63) is 70.2 Å². The summed E-state index contributed by atoms with van der Waals surface area (Å²) in [6.45, 7) is 5.14. The summed E-state index contributed by atoms with van der Waals surface area (Å²) in [6.07, 6.45) is 0. The number of nitrogens with zero attached hydrogens (tertiary/aromatic N) is 1. The van der Waals surface area contributed by atoms with Gasteiger partial charge in [-0.1, -0.05) is 47.5 Å². The Labute approximate surface area is 176 Å². The predicted molar refractivity (Wildman–Crippen MR) is 113 cm³/mol. The summed E-state index contributed by atoms with van der Waals surface area (Å²) in [5.41, 5.74) is 2.58. The Balaban J connectivity index is 1.57. The molecule has 154 valence electrons. The Morgan fingerprint density at radius 2 is 1.76 bits per heavy atom. The third kappa shape index (κ3) is 6.03. The largest absolute Gasteiger partial charge is 0.379 e. The molecule has 1 fully saturated rings. The molecular weight excluding hydrogens is 390 g/mol. The smallest absolute Gasteiger partial charge is 0.251 e. The van der Waals surface area contributed by atoms with Gasteiger partial charge in [0.15, 0.2) is 0 Å². The van der Waals surface area contributed by atoms with Crippen molar-refractivity contribution in [1.29, 1.82) is 0 Å². The zero-order valence-electron chi connectivity index (χ0n) is 16.5. The first-order valence-electron chi connectivity index (χ1n) is 9.72. The lowest BCUT2D eigenvalue weighted by Gasteiger charge is -2.35. The van der Waals surface area contributed by atoms with E-state index in [0.29, 0.717) is 30.3 Å². The van der Waals surface area contributed by atoms with Gasteiger partial charge >= 0.3 is 0 Å². The predicted octanol–water partition coefficient (Wildman–Crippen LogP) is 2.57. The number of hydrogen-bond donors (Lipinski definition) is 2. The normalized spacial score (nSPS) is 15.5. The van der Waals surface area contributed by atoms with Crippen LogP contribution in [-0.4, -0.2) is 56.1 Å². The molecule has 0 spiro atoms. The molecule has 1 saturated heterocycles. The summed E-state index contributed by atoms with van der Waals surface area (Å²) in [5, 5.41) is 6.26. The number of nitrogens with one attached hydrogen (secondary N) is 2. The van der Waals surface area contributed by atoms with Crippen LogP contribution in [0.1, 0.15) is 27.5 Å². The van der Waals surface area contributed by atoms with Crippen LogP contribution in [0.4, 0.5) is 0 Å². The van der Waals surface area contributed by atoms with E-state index in [1.165, 1.54) is 0 Å². The van der Waals surface area contributed by atoms with Gasteiger partial charge in [0.2, 0.25) is 5.91 Å². The zero-order chi connectivity index (χ0) is 20.6. The molecule has 0 radical (unpaired) electrons. The topological polar surface area (TPSA) is 70.7 Å². The Kier molecular flexibility index (Phi) is 7.63. The summed E-state index contributed by atoms with van der Waals surface area (Å²) in [6, 6.07) is 14.8. The molecule has 7 heteroatoms. The summed E-state index contributed by atoms with van der Waals surface area (Å²) < 4.78 is 5.45. The van der Waals surface area contributed by atoms with Crippen LogP contribution in [0.3, 0.4) is 0 Å². The number of ether oxygens (including phenoxy) is 1. The molecule has 2 N–H and O–H groups in total. The monoisotopic (exact) mass is 415 g/mol. The standard InChI is InChI=1S/C22H26ClN3O3/c1-16-6-8-17(9-7-16)22(28)25-15-21(27)24-14-20(26-10-12-29-13-11-26)18-4-2-3-5-19(18)23/h2-9,20H,10-15H2,1H3,(H,24,27)(H,25,28). The molecular formula is C22H26ClN3O3. The van der Waals surface area contributed by atoms with Crippen LogP contribution in [0.15, 0.2) is 48.5 Å². The average molecular weight is 416 g/mol. The van der Waals surface area contributed by atoms with Gasteiger partial charge in [0.05, 0.1) is 25.8 Å². The van der Waals surface area contributed by atoms with E-state index in [1.807, 2.05) is 43.3 Å². The Bertz CT molecular complexity index is 835. The fraction of sp³-hybridized carbons (Fsp3) is 0.364. The molecule has 1 atom stereocenters. The van der Waals surface area contributed by atoms with E-state index in [2.05, 4.69) is 15.5 Å². The molecule has 0 aliphatic carbocycles. The lowest BCUT2D eigenvalue weighted by molar-refractivity contribution is -0.120. The highest BCUT2D eigenvalue weighted by Gasteiger charge is 2.24. The number of amides is 2.